The number of aliphatic hydroxyl groups is 1. The van der Waals surface area contributed by atoms with Gasteiger partial charge in [-0.1, -0.05) is 6.07 Å². The van der Waals surface area contributed by atoms with E-state index in [0.29, 0.717) is 18.8 Å². The second-order valence-electron chi connectivity index (χ2n) is 3.28. The van der Waals surface area contributed by atoms with Crippen molar-refractivity contribution in [2.45, 2.75) is 19.4 Å². The van der Waals surface area contributed by atoms with Crippen LogP contribution in [0.5, 0.6) is 11.5 Å². The second-order valence-corrected chi connectivity index (χ2v) is 3.28. The van der Waals surface area contributed by atoms with Crippen molar-refractivity contribution in [1.29, 1.82) is 0 Å². The molecule has 1 aromatic rings. The number of benzene rings is 1. The fourth-order valence-electron chi connectivity index (χ4n) is 1.34. The Labute approximate surface area is 101 Å². The minimum atomic E-state index is -0.227. The number of hydrogen-bond acceptors (Lipinski definition) is 4. The molecule has 92 valence electrons. The van der Waals surface area contributed by atoms with E-state index in [2.05, 4.69) is 0 Å². The first kappa shape index (κ1) is 15.0. The zero-order valence-electron chi connectivity index (χ0n) is 9.22. The maximum Gasteiger partial charge on any atom is 0.161 e. The van der Waals surface area contributed by atoms with Crippen LogP contribution >= 0.6 is 12.4 Å². The maximum absolute atomic E-state index is 9.46. The summed E-state index contributed by atoms with van der Waals surface area (Å²) in [6.07, 6.45) is 0.496. The Bertz CT molecular complexity index is 320. The van der Waals surface area contributed by atoms with Crippen LogP contribution in [0.2, 0.25) is 0 Å². The molecule has 0 aliphatic rings. The molecule has 16 heavy (non-hydrogen) atoms. The van der Waals surface area contributed by atoms with Crippen LogP contribution in [0, 0.1) is 0 Å². The van der Waals surface area contributed by atoms with E-state index in [1.165, 1.54) is 0 Å². The number of aromatic hydroxyl groups is 1. The average molecular weight is 248 g/mol. The summed E-state index contributed by atoms with van der Waals surface area (Å²) in [6.45, 7) is 2.39. The lowest BCUT2D eigenvalue weighted by Crippen LogP contribution is -2.12. The van der Waals surface area contributed by atoms with E-state index >= 15 is 0 Å². The summed E-state index contributed by atoms with van der Waals surface area (Å²) in [5.41, 5.74) is 6.68. The minimum absolute atomic E-state index is 0. The maximum atomic E-state index is 9.46. The van der Waals surface area contributed by atoms with Crippen molar-refractivity contribution < 1.29 is 14.9 Å². The Morgan fingerprint density at radius 3 is 2.69 bits per heavy atom. The standard InChI is InChI=1S/C11H17NO3.ClH/c1-2-15-11-7-8(3-4-10(11)14)9(12)5-6-13;/h3-4,7,9,13-14H,2,5-6,12H2,1H3;1H/t9-;/m1./s1. The van der Waals surface area contributed by atoms with Crippen LogP contribution in [0.3, 0.4) is 0 Å². The zero-order valence-corrected chi connectivity index (χ0v) is 10.0. The lowest BCUT2D eigenvalue weighted by molar-refractivity contribution is 0.276. The quantitative estimate of drug-likeness (QED) is 0.739. The van der Waals surface area contributed by atoms with Gasteiger partial charge in [0.15, 0.2) is 11.5 Å². The molecule has 0 amide bonds. The molecule has 1 aromatic carbocycles. The van der Waals surface area contributed by atoms with Crippen LogP contribution in [0.1, 0.15) is 24.9 Å². The molecule has 0 aliphatic carbocycles. The molecule has 1 atom stereocenters. The van der Waals surface area contributed by atoms with Gasteiger partial charge in [-0.05, 0) is 31.0 Å². The van der Waals surface area contributed by atoms with Crippen molar-refractivity contribution in [3.05, 3.63) is 23.8 Å². The Kier molecular flexibility index (Phi) is 6.88. The Morgan fingerprint density at radius 1 is 1.44 bits per heavy atom. The third-order valence-electron chi connectivity index (χ3n) is 2.15. The summed E-state index contributed by atoms with van der Waals surface area (Å²) in [5, 5.41) is 18.2. The van der Waals surface area contributed by atoms with E-state index in [9.17, 15) is 5.11 Å². The van der Waals surface area contributed by atoms with Gasteiger partial charge in [0, 0.05) is 12.6 Å². The van der Waals surface area contributed by atoms with Crippen molar-refractivity contribution in [1.82, 2.24) is 0 Å². The summed E-state index contributed by atoms with van der Waals surface area (Å²) in [7, 11) is 0. The third kappa shape index (κ3) is 3.89. The summed E-state index contributed by atoms with van der Waals surface area (Å²) in [4.78, 5) is 0. The molecule has 5 heteroatoms. The van der Waals surface area contributed by atoms with Crippen LogP contribution in [0.25, 0.3) is 0 Å². The molecule has 0 unspecified atom stereocenters. The van der Waals surface area contributed by atoms with Crippen molar-refractivity contribution in [3.8, 4) is 11.5 Å². The summed E-state index contributed by atoms with van der Waals surface area (Å²) >= 11 is 0. The van der Waals surface area contributed by atoms with Gasteiger partial charge in [0.05, 0.1) is 6.61 Å². The van der Waals surface area contributed by atoms with Gasteiger partial charge in [-0.3, -0.25) is 0 Å². The molecule has 0 bridgehead atoms. The predicted octanol–water partition coefficient (Wildman–Crippen LogP) is 1.59. The van der Waals surface area contributed by atoms with Gasteiger partial charge in [-0.15, -0.1) is 12.4 Å². The van der Waals surface area contributed by atoms with E-state index in [4.69, 9.17) is 15.6 Å². The molecule has 0 radical (unpaired) electrons. The number of halogens is 1. The van der Waals surface area contributed by atoms with Crippen LogP contribution in [-0.2, 0) is 0 Å². The van der Waals surface area contributed by atoms with Gasteiger partial charge in [0.2, 0.25) is 0 Å². The third-order valence-corrected chi connectivity index (χ3v) is 2.15. The SMILES string of the molecule is CCOc1cc([C@H](N)CCO)ccc1O.Cl. The molecule has 0 aliphatic heterocycles. The fourth-order valence-corrected chi connectivity index (χ4v) is 1.34. The first-order chi connectivity index (χ1) is 7.19. The van der Waals surface area contributed by atoms with Gasteiger partial charge < -0.3 is 20.7 Å². The normalized spacial score (nSPS) is 11.7. The predicted molar refractivity (Wildman–Crippen MR) is 65.2 cm³/mol. The number of nitrogens with two attached hydrogens (primary N) is 1. The van der Waals surface area contributed by atoms with Gasteiger partial charge in [0.25, 0.3) is 0 Å². The van der Waals surface area contributed by atoms with Gasteiger partial charge in [-0.25, -0.2) is 0 Å². The number of ether oxygens (including phenoxy) is 1. The molecule has 4 nitrogen and oxygen atoms in total. The lowest BCUT2D eigenvalue weighted by Gasteiger charge is -2.13. The molecular formula is C11H18ClNO3. The highest BCUT2D eigenvalue weighted by molar-refractivity contribution is 5.85. The van der Waals surface area contributed by atoms with E-state index in [-0.39, 0.29) is 30.8 Å². The molecule has 0 fully saturated rings. The van der Waals surface area contributed by atoms with E-state index in [0.717, 1.165) is 5.56 Å². The number of aliphatic hydroxyl groups excluding tert-OH is 1. The monoisotopic (exact) mass is 247 g/mol. The molecular weight excluding hydrogens is 230 g/mol. The highest BCUT2D eigenvalue weighted by Gasteiger charge is 2.09. The van der Waals surface area contributed by atoms with Crippen LogP contribution in [0.4, 0.5) is 0 Å². The lowest BCUT2D eigenvalue weighted by atomic mass is 10.0. The Hall–Kier alpha value is -0.970. The van der Waals surface area contributed by atoms with Gasteiger partial charge in [-0.2, -0.15) is 0 Å². The van der Waals surface area contributed by atoms with Crippen molar-refractivity contribution in [3.63, 3.8) is 0 Å². The topological polar surface area (TPSA) is 75.7 Å². The molecule has 0 saturated heterocycles. The molecule has 0 heterocycles. The molecule has 4 N–H and O–H groups in total. The smallest absolute Gasteiger partial charge is 0.161 e. The average Bonchev–Trinajstić information content (AvgIpc) is 2.22. The highest BCUT2D eigenvalue weighted by Crippen LogP contribution is 2.29. The van der Waals surface area contributed by atoms with Crippen molar-refractivity contribution >= 4 is 12.4 Å². The van der Waals surface area contributed by atoms with Crippen LogP contribution in [-0.4, -0.2) is 23.4 Å². The molecule has 0 spiro atoms. The highest BCUT2D eigenvalue weighted by atomic mass is 35.5. The zero-order chi connectivity index (χ0) is 11.3. The van der Waals surface area contributed by atoms with Crippen LogP contribution in [0.15, 0.2) is 18.2 Å². The minimum Gasteiger partial charge on any atom is -0.504 e. The van der Waals surface area contributed by atoms with Crippen molar-refractivity contribution in [2.75, 3.05) is 13.2 Å². The number of hydrogen-bond donors (Lipinski definition) is 3. The number of rotatable bonds is 5. The van der Waals surface area contributed by atoms with E-state index in [1.54, 1.807) is 18.2 Å². The van der Waals surface area contributed by atoms with Gasteiger partial charge >= 0.3 is 0 Å². The fraction of sp³-hybridized carbons (Fsp3) is 0.455. The molecule has 1 rings (SSSR count). The summed E-state index contributed by atoms with van der Waals surface area (Å²) < 4.78 is 5.24. The summed E-state index contributed by atoms with van der Waals surface area (Å²) in [6, 6.07) is 4.77. The van der Waals surface area contributed by atoms with Crippen molar-refractivity contribution in [2.24, 2.45) is 5.73 Å². The first-order valence-electron chi connectivity index (χ1n) is 5.01. The Balaban J connectivity index is 0.00000225. The first-order valence-corrected chi connectivity index (χ1v) is 5.01. The largest absolute Gasteiger partial charge is 0.504 e. The molecule has 0 aromatic heterocycles. The van der Waals surface area contributed by atoms with E-state index < -0.39 is 0 Å². The van der Waals surface area contributed by atoms with Crippen LogP contribution < -0.4 is 10.5 Å². The Morgan fingerprint density at radius 2 is 2.12 bits per heavy atom. The number of phenolic OH excluding ortho intramolecular Hbond substituents is 1. The molecule has 0 saturated carbocycles. The second kappa shape index (κ2) is 7.33. The summed E-state index contributed by atoms with van der Waals surface area (Å²) in [5.74, 6) is 0.542. The van der Waals surface area contributed by atoms with Gasteiger partial charge in [0.1, 0.15) is 0 Å². The van der Waals surface area contributed by atoms with E-state index in [1.807, 2.05) is 6.92 Å². The number of phenols is 1.